The zero-order chi connectivity index (χ0) is 24.6. The number of hydrogen-bond donors (Lipinski definition) is 1. The molecular weight excluding hydrogens is 426 g/mol. The smallest absolute Gasteiger partial charge is 0.318 e. The summed E-state index contributed by atoms with van der Waals surface area (Å²) < 4.78 is 2.08. The maximum absolute atomic E-state index is 13.3. The normalized spacial score (nSPS) is 16.2. The van der Waals surface area contributed by atoms with Crippen LogP contribution in [0.15, 0.2) is 60.2 Å². The molecule has 174 valence electrons. The molecule has 1 fully saturated rings. The average Bonchev–Trinajstić information content (AvgIpc) is 3.09. The number of carbonyl (C=O) groups is 3. The Bertz CT molecular complexity index is 1300. The molecule has 1 atom stereocenters. The van der Waals surface area contributed by atoms with Crippen LogP contribution in [0, 0.1) is 20.8 Å². The molecule has 2 aromatic carbocycles. The molecule has 0 bridgehead atoms. The first-order chi connectivity index (χ1) is 16.2. The van der Waals surface area contributed by atoms with Gasteiger partial charge in [0.25, 0.3) is 11.8 Å². The number of barbiturate groups is 1. The first-order valence-electron chi connectivity index (χ1n) is 11.5. The third kappa shape index (κ3) is 4.19. The van der Waals surface area contributed by atoms with Gasteiger partial charge in [-0.3, -0.25) is 14.9 Å². The van der Waals surface area contributed by atoms with Crippen molar-refractivity contribution >= 4 is 29.6 Å². The number of aromatic nitrogens is 1. The van der Waals surface area contributed by atoms with E-state index in [1.54, 1.807) is 18.2 Å². The van der Waals surface area contributed by atoms with Crippen molar-refractivity contribution in [2.75, 3.05) is 4.90 Å². The van der Waals surface area contributed by atoms with Gasteiger partial charge in [0, 0.05) is 17.1 Å². The minimum Gasteiger partial charge on any atom is -0.318 e. The van der Waals surface area contributed by atoms with Gasteiger partial charge in [-0.05, 0) is 80.6 Å². The summed E-state index contributed by atoms with van der Waals surface area (Å²) in [5.41, 5.74) is 6.28. The van der Waals surface area contributed by atoms with Gasteiger partial charge in [0.1, 0.15) is 5.57 Å². The van der Waals surface area contributed by atoms with E-state index in [4.69, 9.17) is 0 Å². The Labute approximate surface area is 199 Å². The van der Waals surface area contributed by atoms with Gasteiger partial charge in [-0.25, -0.2) is 9.69 Å². The maximum Gasteiger partial charge on any atom is 0.335 e. The number of anilines is 1. The van der Waals surface area contributed by atoms with Gasteiger partial charge in [0.05, 0.1) is 5.69 Å². The number of nitrogens with zero attached hydrogens (tertiary/aromatic N) is 2. The molecule has 4 amide bonds. The number of imide groups is 2. The van der Waals surface area contributed by atoms with E-state index in [1.165, 1.54) is 5.56 Å². The van der Waals surface area contributed by atoms with Crippen molar-refractivity contribution in [2.45, 2.75) is 47.0 Å². The van der Waals surface area contributed by atoms with Crippen LogP contribution in [0.2, 0.25) is 0 Å². The van der Waals surface area contributed by atoms with Gasteiger partial charge in [0.15, 0.2) is 0 Å². The number of aryl methyl sites for hydroxylation is 2. The molecule has 6 nitrogen and oxygen atoms in total. The van der Waals surface area contributed by atoms with Crippen LogP contribution >= 0.6 is 0 Å². The highest BCUT2D eigenvalue weighted by atomic mass is 16.2. The van der Waals surface area contributed by atoms with Crippen LogP contribution in [0.5, 0.6) is 0 Å². The lowest BCUT2D eigenvalue weighted by Crippen LogP contribution is -2.54. The summed E-state index contributed by atoms with van der Waals surface area (Å²) in [6.45, 7) is 10.2. The number of nitrogens with one attached hydrogen (secondary N) is 1. The van der Waals surface area contributed by atoms with Crippen molar-refractivity contribution in [3.63, 3.8) is 0 Å². The van der Waals surface area contributed by atoms with Crippen LogP contribution in [0.1, 0.15) is 54.3 Å². The van der Waals surface area contributed by atoms with Crippen LogP contribution in [0.4, 0.5) is 10.5 Å². The molecule has 1 saturated heterocycles. The SMILES string of the molecule is CC[C@H](C)c1ccc(N2C(=O)NC(=O)/C(=C\c3cc(C)n(-c4ccc(C)cc4)c3C)C2=O)cc1. The molecule has 4 rings (SSSR count). The molecule has 1 aliphatic heterocycles. The minimum atomic E-state index is -0.742. The second-order valence-electron chi connectivity index (χ2n) is 8.86. The molecule has 0 saturated carbocycles. The lowest BCUT2D eigenvalue weighted by molar-refractivity contribution is -0.122. The van der Waals surface area contributed by atoms with Crippen LogP contribution in [-0.4, -0.2) is 22.4 Å². The molecule has 2 heterocycles. The summed E-state index contributed by atoms with van der Waals surface area (Å²) in [7, 11) is 0. The first-order valence-corrected chi connectivity index (χ1v) is 11.5. The molecule has 0 unspecified atom stereocenters. The van der Waals surface area contributed by atoms with Crippen molar-refractivity contribution in [1.29, 1.82) is 0 Å². The third-order valence-corrected chi connectivity index (χ3v) is 6.50. The molecule has 0 aliphatic carbocycles. The molecule has 3 aromatic rings. The van der Waals surface area contributed by atoms with Gasteiger partial charge in [-0.2, -0.15) is 0 Å². The lowest BCUT2D eigenvalue weighted by atomic mass is 9.98. The van der Waals surface area contributed by atoms with Crippen molar-refractivity contribution in [3.05, 3.63) is 88.2 Å². The first kappa shape index (κ1) is 23.2. The Hall–Kier alpha value is -3.93. The molecular formula is C28H29N3O3. The Morgan fingerprint density at radius 1 is 0.912 bits per heavy atom. The maximum atomic E-state index is 13.3. The second kappa shape index (κ2) is 9.14. The van der Waals surface area contributed by atoms with Crippen LogP contribution in [-0.2, 0) is 9.59 Å². The molecule has 0 radical (unpaired) electrons. The summed E-state index contributed by atoms with van der Waals surface area (Å²) in [6, 6.07) is 16.7. The quantitative estimate of drug-likeness (QED) is 0.403. The van der Waals surface area contributed by atoms with Crippen molar-refractivity contribution in [1.82, 2.24) is 9.88 Å². The molecule has 0 spiro atoms. The molecule has 1 aliphatic rings. The predicted molar refractivity (Wildman–Crippen MR) is 134 cm³/mol. The highest BCUT2D eigenvalue weighted by Crippen LogP contribution is 2.27. The molecule has 34 heavy (non-hydrogen) atoms. The van der Waals surface area contributed by atoms with Crippen LogP contribution in [0.25, 0.3) is 11.8 Å². The highest BCUT2D eigenvalue weighted by Gasteiger charge is 2.37. The van der Waals surface area contributed by atoms with Gasteiger partial charge in [-0.1, -0.05) is 43.7 Å². The highest BCUT2D eigenvalue weighted by molar-refractivity contribution is 6.39. The largest absolute Gasteiger partial charge is 0.335 e. The monoisotopic (exact) mass is 455 g/mol. The number of amides is 4. The van der Waals surface area contributed by atoms with E-state index in [2.05, 4.69) is 23.7 Å². The van der Waals surface area contributed by atoms with E-state index < -0.39 is 17.8 Å². The van der Waals surface area contributed by atoms with Crippen molar-refractivity contribution in [3.8, 4) is 5.69 Å². The van der Waals surface area contributed by atoms with Crippen molar-refractivity contribution in [2.24, 2.45) is 0 Å². The summed E-state index contributed by atoms with van der Waals surface area (Å²) in [4.78, 5) is 39.5. The van der Waals surface area contributed by atoms with E-state index >= 15 is 0 Å². The molecule has 6 heteroatoms. The third-order valence-electron chi connectivity index (χ3n) is 6.50. The van der Waals surface area contributed by atoms with Gasteiger partial charge < -0.3 is 4.57 Å². The average molecular weight is 456 g/mol. The predicted octanol–water partition coefficient (Wildman–Crippen LogP) is 5.58. The van der Waals surface area contributed by atoms with Gasteiger partial charge in [0.2, 0.25) is 0 Å². The minimum absolute atomic E-state index is 0.0743. The summed E-state index contributed by atoms with van der Waals surface area (Å²) >= 11 is 0. The Morgan fingerprint density at radius 2 is 1.53 bits per heavy atom. The Balaban J connectivity index is 1.70. The fourth-order valence-corrected chi connectivity index (χ4v) is 4.26. The second-order valence-corrected chi connectivity index (χ2v) is 8.86. The lowest BCUT2D eigenvalue weighted by Gasteiger charge is -2.26. The number of carbonyl (C=O) groups excluding carboxylic acids is 3. The zero-order valence-electron chi connectivity index (χ0n) is 20.2. The standard InChI is InChI=1S/C28H29N3O3/c1-6-18(3)21-9-13-24(14-10-21)31-27(33)25(26(32)29-28(31)34)16-22-15-19(4)30(20(22)5)23-11-7-17(2)8-12-23/h7-16,18H,6H2,1-5H3,(H,29,32,34)/b25-16+/t18-/m0/s1. The number of hydrogen-bond acceptors (Lipinski definition) is 3. The van der Waals surface area contributed by atoms with E-state index in [1.807, 2.05) is 63.2 Å². The zero-order valence-corrected chi connectivity index (χ0v) is 20.2. The number of urea groups is 1. The molecule has 1 N–H and O–H groups in total. The van der Waals surface area contributed by atoms with E-state index in [9.17, 15) is 14.4 Å². The van der Waals surface area contributed by atoms with E-state index in [0.717, 1.165) is 39.5 Å². The van der Waals surface area contributed by atoms with Crippen molar-refractivity contribution < 1.29 is 14.4 Å². The topological polar surface area (TPSA) is 71.4 Å². The summed E-state index contributed by atoms with van der Waals surface area (Å²) in [5, 5.41) is 2.31. The Kier molecular flexibility index (Phi) is 6.24. The van der Waals surface area contributed by atoms with Gasteiger partial charge >= 0.3 is 6.03 Å². The fourth-order valence-electron chi connectivity index (χ4n) is 4.26. The Morgan fingerprint density at radius 3 is 2.15 bits per heavy atom. The van der Waals surface area contributed by atoms with E-state index in [0.29, 0.717) is 11.6 Å². The number of rotatable bonds is 5. The van der Waals surface area contributed by atoms with Crippen LogP contribution in [0.3, 0.4) is 0 Å². The molecule has 1 aromatic heterocycles. The summed E-state index contributed by atoms with van der Waals surface area (Å²) in [5.74, 6) is -0.950. The van der Waals surface area contributed by atoms with E-state index in [-0.39, 0.29) is 5.57 Å². The summed E-state index contributed by atoms with van der Waals surface area (Å²) in [6.07, 6.45) is 2.56. The van der Waals surface area contributed by atoms with Gasteiger partial charge in [-0.15, -0.1) is 0 Å². The van der Waals surface area contributed by atoms with Crippen LogP contribution < -0.4 is 10.2 Å². The fraction of sp³-hybridized carbons (Fsp3) is 0.250. The number of benzene rings is 2.